The van der Waals surface area contributed by atoms with E-state index in [1.807, 2.05) is 0 Å². The van der Waals surface area contributed by atoms with E-state index in [4.69, 9.17) is 15.6 Å². The van der Waals surface area contributed by atoms with Gasteiger partial charge in [-0.25, -0.2) is 4.39 Å². The predicted molar refractivity (Wildman–Crippen MR) is 63.4 cm³/mol. The Morgan fingerprint density at radius 3 is 2.75 bits per heavy atom. The Morgan fingerprint density at radius 1 is 1.50 bits per heavy atom. The highest BCUT2D eigenvalue weighted by Gasteiger charge is 2.16. The van der Waals surface area contributed by atoms with E-state index in [-0.39, 0.29) is 24.8 Å². The molecule has 0 bridgehead atoms. The summed E-state index contributed by atoms with van der Waals surface area (Å²) in [6, 6.07) is 4.18. The van der Waals surface area contributed by atoms with Crippen LogP contribution in [0.5, 0.6) is 5.75 Å². The fourth-order valence-corrected chi connectivity index (χ4v) is 1.51. The molecule has 0 fully saturated rings. The first kappa shape index (κ1) is 15.2. The second-order valence-corrected chi connectivity index (χ2v) is 3.33. The Hall–Kier alpha value is -0.840. The summed E-state index contributed by atoms with van der Waals surface area (Å²) in [5.74, 6) is 0.0974. The van der Waals surface area contributed by atoms with Crippen molar-refractivity contribution in [2.24, 2.45) is 5.73 Å². The molecule has 92 valence electrons. The minimum atomic E-state index is -0.437. The number of benzene rings is 1. The number of aliphatic hydroxyl groups is 1. The van der Waals surface area contributed by atoms with Gasteiger partial charge in [0.05, 0.1) is 7.11 Å². The predicted octanol–water partition coefficient (Wildman–Crippen LogP) is 2.03. The van der Waals surface area contributed by atoms with E-state index in [1.165, 1.54) is 13.2 Å². The number of hydrogen-bond acceptors (Lipinski definition) is 3. The average molecular weight is 250 g/mol. The van der Waals surface area contributed by atoms with Crippen LogP contribution in [-0.2, 0) is 0 Å². The van der Waals surface area contributed by atoms with Crippen molar-refractivity contribution in [3.63, 3.8) is 0 Å². The van der Waals surface area contributed by atoms with Crippen LogP contribution in [0.1, 0.15) is 24.4 Å². The van der Waals surface area contributed by atoms with Gasteiger partial charge in [-0.3, -0.25) is 0 Å². The highest BCUT2D eigenvalue weighted by atomic mass is 35.5. The quantitative estimate of drug-likeness (QED) is 0.840. The molecule has 0 amide bonds. The van der Waals surface area contributed by atoms with Crippen LogP contribution in [0.15, 0.2) is 18.2 Å². The van der Waals surface area contributed by atoms with Crippen molar-refractivity contribution in [3.05, 3.63) is 29.6 Å². The van der Waals surface area contributed by atoms with Gasteiger partial charge in [0.1, 0.15) is 11.6 Å². The molecule has 0 saturated heterocycles. The van der Waals surface area contributed by atoms with Gasteiger partial charge in [-0.2, -0.15) is 0 Å². The van der Waals surface area contributed by atoms with E-state index >= 15 is 0 Å². The Labute approximate surface area is 101 Å². The van der Waals surface area contributed by atoms with Crippen molar-refractivity contribution >= 4 is 12.4 Å². The monoisotopic (exact) mass is 249 g/mol. The maximum atomic E-state index is 13.5. The van der Waals surface area contributed by atoms with Gasteiger partial charge >= 0.3 is 0 Å². The molecule has 1 aromatic rings. The van der Waals surface area contributed by atoms with E-state index in [2.05, 4.69) is 0 Å². The molecular weight excluding hydrogens is 233 g/mol. The van der Waals surface area contributed by atoms with Crippen molar-refractivity contribution in [2.75, 3.05) is 13.7 Å². The van der Waals surface area contributed by atoms with Crippen LogP contribution in [0.3, 0.4) is 0 Å². The van der Waals surface area contributed by atoms with Gasteiger partial charge in [-0.05, 0) is 25.0 Å². The van der Waals surface area contributed by atoms with Gasteiger partial charge in [0.25, 0.3) is 0 Å². The second kappa shape index (κ2) is 7.44. The molecule has 0 saturated carbocycles. The van der Waals surface area contributed by atoms with Crippen molar-refractivity contribution < 1.29 is 14.2 Å². The molecule has 0 aliphatic carbocycles. The third-order valence-electron chi connectivity index (χ3n) is 2.28. The number of ether oxygens (including phenoxy) is 1. The zero-order valence-electron chi connectivity index (χ0n) is 9.15. The molecule has 0 aromatic heterocycles. The summed E-state index contributed by atoms with van der Waals surface area (Å²) < 4.78 is 18.5. The molecule has 0 aliphatic heterocycles. The minimum Gasteiger partial charge on any atom is -0.496 e. The van der Waals surface area contributed by atoms with Crippen molar-refractivity contribution in [2.45, 2.75) is 18.9 Å². The molecule has 16 heavy (non-hydrogen) atoms. The number of hydrogen-bond donors (Lipinski definition) is 2. The standard InChI is InChI=1S/C11H16FNO2.ClH/c1-15-10-6-2-4-8(12)11(10)9(13)5-3-7-14;/h2,4,6,9,14H,3,5,7,13H2,1H3;1H/t9-;/m1./s1. The van der Waals surface area contributed by atoms with Crippen LogP contribution in [-0.4, -0.2) is 18.8 Å². The maximum absolute atomic E-state index is 13.5. The van der Waals surface area contributed by atoms with Crippen LogP contribution in [0.4, 0.5) is 4.39 Å². The number of aliphatic hydroxyl groups excluding tert-OH is 1. The first-order valence-corrected chi connectivity index (χ1v) is 4.89. The third-order valence-corrected chi connectivity index (χ3v) is 2.28. The molecule has 0 radical (unpaired) electrons. The topological polar surface area (TPSA) is 55.5 Å². The third kappa shape index (κ3) is 3.63. The number of halogens is 2. The Bertz CT molecular complexity index is 323. The molecule has 1 aromatic carbocycles. The number of nitrogens with two attached hydrogens (primary N) is 1. The largest absolute Gasteiger partial charge is 0.496 e. The molecule has 0 unspecified atom stereocenters. The lowest BCUT2D eigenvalue weighted by molar-refractivity contribution is 0.278. The fraction of sp³-hybridized carbons (Fsp3) is 0.455. The average Bonchev–Trinajstić information content (AvgIpc) is 2.25. The Balaban J connectivity index is 0.00000225. The van der Waals surface area contributed by atoms with Gasteiger partial charge in [-0.15, -0.1) is 12.4 Å². The lowest BCUT2D eigenvalue weighted by Gasteiger charge is -2.15. The second-order valence-electron chi connectivity index (χ2n) is 3.33. The van der Waals surface area contributed by atoms with E-state index < -0.39 is 6.04 Å². The molecule has 0 aliphatic rings. The van der Waals surface area contributed by atoms with Crippen LogP contribution in [0, 0.1) is 5.82 Å². The van der Waals surface area contributed by atoms with Crippen molar-refractivity contribution in [1.29, 1.82) is 0 Å². The number of methoxy groups -OCH3 is 1. The minimum absolute atomic E-state index is 0. The van der Waals surface area contributed by atoms with Gasteiger partial charge in [0.2, 0.25) is 0 Å². The fourth-order valence-electron chi connectivity index (χ4n) is 1.51. The first-order valence-electron chi connectivity index (χ1n) is 4.89. The molecule has 1 atom stereocenters. The van der Waals surface area contributed by atoms with Crippen LogP contribution >= 0.6 is 12.4 Å². The summed E-state index contributed by atoms with van der Waals surface area (Å²) in [6.07, 6.45) is 1.09. The summed E-state index contributed by atoms with van der Waals surface area (Å²) in [6.45, 7) is 0.0600. The summed E-state index contributed by atoms with van der Waals surface area (Å²) in [5.41, 5.74) is 6.21. The Kier molecular flexibility index (Phi) is 7.05. The molecule has 3 N–H and O–H groups in total. The summed E-state index contributed by atoms with van der Waals surface area (Å²) in [4.78, 5) is 0. The molecule has 0 spiro atoms. The zero-order valence-corrected chi connectivity index (χ0v) is 9.97. The van der Waals surface area contributed by atoms with E-state index in [0.29, 0.717) is 24.2 Å². The maximum Gasteiger partial charge on any atom is 0.131 e. The lowest BCUT2D eigenvalue weighted by Crippen LogP contribution is -2.14. The normalized spacial score (nSPS) is 11.8. The zero-order chi connectivity index (χ0) is 11.3. The summed E-state index contributed by atoms with van der Waals surface area (Å²) in [7, 11) is 1.48. The molecule has 0 heterocycles. The smallest absolute Gasteiger partial charge is 0.131 e. The highest BCUT2D eigenvalue weighted by Crippen LogP contribution is 2.28. The highest BCUT2D eigenvalue weighted by molar-refractivity contribution is 5.85. The molecule has 1 rings (SSSR count). The first-order chi connectivity index (χ1) is 7.20. The van der Waals surface area contributed by atoms with Gasteiger partial charge in [0.15, 0.2) is 0 Å². The van der Waals surface area contributed by atoms with Gasteiger partial charge < -0.3 is 15.6 Å². The van der Waals surface area contributed by atoms with Crippen molar-refractivity contribution in [1.82, 2.24) is 0 Å². The summed E-state index contributed by atoms with van der Waals surface area (Å²) >= 11 is 0. The van der Waals surface area contributed by atoms with Gasteiger partial charge in [-0.1, -0.05) is 6.07 Å². The summed E-state index contributed by atoms with van der Waals surface area (Å²) in [5, 5.41) is 8.68. The van der Waals surface area contributed by atoms with Crippen LogP contribution in [0.25, 0.3) is 0 Å². The van der Waals surface area contributed by atoms with E-state index in [9.17, 15) is 4.39 Å². The Morgan fingerprint density at radius 2 is 2.19 bits per heavy atom. The lowest BCUT2D eigenvalue weighted by atomic mass is 10.0. The van der Waals surface area contributed by atoms with Crippen LogP contribution < -0.4 is 10.5 Å². The SMILES string of the molecule is COc1cccc(F)c1[C@H](N)CCCO.Cl. The van der Waals surface area contributed by atoms with Crippen LogP contribution in [0.2, 0.25) is 0 Å². The molecular formula is C11H17ClFNO2. The number of rotatable bonds is 5. The molecule has 5 heteroatoms. The van der Waals surface area contributed by atoms with Gasteiger partial charge in [0, 0.05) is 18.2 Å². The molecule has 3 nitrogen and oxygen atoms in total. The van der Waals surface area contributed by atoms with E-state index in [0.717, 1.165) is 0 Å². The van der Waals surface area contributed by atoms with Crippen molar-refractivity contribution in [3.8, 4) is 5.75 Å². The van der Waals surface area contributed by atoms with E-state index in [1.54, 1.807) is 12.1 Å².